The second-order valence-electron chi connectivity index (χ2n) is 4.21. The third-order valence-corrected chi connectivity index (χ3v) is 3.34. The molecule has 2 atom stereocenters. The molecule has 1 rings (SSSR count). The van der Waals surface area contributed by atoms with Crippen LogP contribution in [0.1, 0.15) is 25.6 Å². The Bertz CT molecular complexity index is 355. The van der Waals surface area contributed by atoms with E-state index in [1.54, 1.807) is 18.2 Å². The van der Waals surface area contributed by atoms with Crippen LogP contribution in [0, 0.1) is 11.8 Å². The molecular weight excluding hydrogens is 248 g/mol. The standard InChI is InChI=1S/C12H16Cl2FN/c1-7(2)10(6-16)12(15)9-5-8(13)3-4-11(9)14/h3-5,7,10,12H,6,16H2,1-2H3. The summed E-state index contributed by atoms with van der Waals surface area (Å²) in [6.07, 6.45) is -1.17. The van der Waals surface area contributed by atoms with Gasteiger partial charge in [0.25, 0.3) is 0 Å². The Morgan fingerprint density at radius 2 is 1.94 bits per heavy atom. The van der Waals surface area contributed by atoms with Crippen molar-refractivity contribution in [2.45, 2.75) is 20.0 Å². The van der Waals surface area contributed by atoms with E-state index in [-0.39, 0.29) is 11.8 Å². The minimum absolute atomic E-state index is 0.162. The maximum atomic E-state index is 14.3. The topological polar surface area (TPSA) is 26.0 Å². The van der Waals surface area contributed by atoms with Gasteiger partial charge in [0, 0.05) is 21.5 Å². The van der Waals surface area contributed by atoms with Crippen molar-refractivity contribution in [3.05, 3.63) is 33.8 Å². The molecule has 2 N–H and O–H groups in total. The molecule has 1 aromatic carbocycles. The van der Waals surface area contributed by atoms with Gasteiger partial charge in [0.1, 0.15) is 6.17 Å². The second kappa shape index (κ2) is 5.85. The van der Waals surface area contributed by atoms with E-state index in [4.69, 9.17) is 28.9 Å². The molecule has 1 nitrogen and oxygen atoms in total. The highest BCUT2D eigenvalue weighted by Crippen LogP contribution is 2.36. The van der Waals surface area contributed by atoms with Crippen molar-refractivity contribution in [3.8, 4) is 0 Å². The van der Waals surface area contributed by atoms with Gasteiger partial charge in [0.15, 0.2) is 0 Å². The van der Waals surface area contributed by atoms with E-state index in [0.717, 1.165) is 0 Å². The Kier molecular flexibility index (Phi) is 5.03. The van der Waals surface area contributed by atoms with Crippen LogP contribution in [0.2, 0.25) is 10.0 Å². The number of halogens is 3. The lowest BCUT2D eigenvalue weighted by molar-refractivity contribution is 0.189. The first-order valence-corrected chi connectivity index (χ1v) is 6.02. The van der Waals surface area contributed by atoms with Gasteiger partial charge >= 0.3 is 0 Å². The fourth-order valence-corrected chi connectivity index (χ4v) is 2.09. The first-order chi connectivity index (χ1) is 7.47. The van der Waals surface area contributed by atoms with Gasteiger partial charge in [-0.05, 0) is 30.7 Å². The average Bonchev–Trinajstić information content (AvgIpc) is 2.22. The summed E-state index contributed by atoms with van der Waals surface area (Å²) < 4.78 is 14.3. The van der Waals surface area contributed by atoms with Crippen LogP contribution in [0.3, 0.4) is 0 Å². The molecule has 1 aromatic rings. The lowest BCUT2D eigenvalue weighted by Gasteiger charge is -2.24. The third-order valence-electron chi connectivity index (χ3n) is 2.76. The van der Waals surface area contributed by atoms with Gasteiger partial charge in [0.2, 0.25) is 0 Å². The van der Waals surface area contributed by atoms with E-state index in [0.29, 0.717) is 22.2 Å². The van der Waals surface area contributed by atoms with Crippen LogP contribution in [0.5, 0.6) is 0 Å². The number of nitrogens with two attached hydrogens (primary N) is 1. The molecule has 0 heterocycles. The first kappa shape index (κ1) is 13.8. The minimum Gasteiger partial charge on any atom is -0.330 e. The van der Waals surface area contributed by atoms with Crippen LogP contribution in [0.25, 0.3) is 0 Å². The zero-order valence-electron chi connectivity index (χ0n) is 9.38. The molecule has 2 unspecified atom stereocenters. The number of benzene rings is 1. The lowest BCUT2D eigenvalue weighted by atomic mass is 9.87. The van der Waals surface area contributed by atoms with Gasteiger partial charge in [0.05, 0.1) is 0 Å². The highest BCUT2D eigenvalue weighted by Gasteiger charge is 2.26. The van der Waals surface area contributed by atoms with Crippen molar-refractivity contribution >= 4 is 23.2 Å². The second-order valence-corrected chi connectivity index (χ2v) is 5.05. The van der Waals surface area contributed by atoms with Crippen LogP contribution in [-0.2, 0) is 0 Å². The predicted molar refractivity (Wildman–Crippen MR) is 67.7 cm³/mol. The largest absolute Gasteiger partial charge is 0.330 e. The van der Waals surface area contributed by atoms with Crippen LogP contribution in [0.15, 0.2) is 18.2 Å². The molecule has 0 bridgehead atoms. The summed E-state index contributed by atoms with van der Waals surface area (Å²) in [7, 11) is 0. The molecule has 0 aromatic heterocycles. The highest BCUT2D eigenvalue weighted by molar-refractivity contribution is 6.33. The fourth-order valence-electron chi connectivity index (χ4n) is 1.69. The van der Waals surface area contributed by atoms with E-state index >= 15 is 0 Å². The highest BCUT2D eigenvalue weighted by atomic mass is 35.5. The summed E-state index contributed by atoms with van der Waals surface area (Å²) in [6.45, 7) is 4.19. The van der Waals surface area contributed by atoms with Crippen LogP contribution >= 0.6 is 23.2 Å². The van der Waals surface area contributed by atoms with Crippen molar-refractivity contribution in [1.82, 2.24) is 0 Å². The molecule has 0 saturated carbocycles. The van der Waals surface area contributed by atoms with Gasteiger partial charge in [-0.25, -0.2) is 4.39 Å². The molecule has 90 valence electrons. The number of hydrogen-bond donors (Lipinski definition) is 1. The van der Waals surface area contributed by atoms with Crippen LogP contribution < -0.4 is 5.73 Å². The Morgan fingerprint density at radius 3 is 2.44 bits per heavy atom. The van der Waals surface area contributed by atoms with E-state index < -0.39 is 6.17 Å². The van der Waals surface area contributed by atoms with Crippen molar-refractivity contribution in [1.29, 1.82) is 0 Å². The molecule has 0 aliphatic rings. The lowest BCUT2D eigenvalue weighted by Crippen LogP contribution is -2.24. The Balaban J connectivity index is 3.02. The molecule has 0 spiro atoms. The maximum Gasteiger partial charge on any atom is 0.131 e. The molecule has 0 aliphatic heterocycles. The van der Waals surface area contributed by atoms with E-state index in [1.165, 1.54) is 0 Å². The Hall–Kier alpha value is -0.310. The van der Waals surface area contributed by atoms with E-state index in [2.05, 4.69) is 0 Å². The SMILES string of the molecule is CC(C)C(CN)C(F)c1cc(Cl)ccc1Cl. The normalized spacial score (nSPS) is 15.2. The van der Waals surface area contributed by atoms with Gasteiger partial charge < -0.3 is 5.73 Å². The van der Waals surface area contributed by atoms with Gasteiger partial charge in [-0.2, -0.15) is 0 Å². The molecule has 4 heteroatoms. The average molecular weight is 264 g/mol. The monoisotopic (exact) mass is 263 g/mol. The fraction of sp³-hybridized carbons (Fsp3) is 0.500. The molecule has 16 heavy (non-hydrogen) atoms. The molecular formula is C12H16Cl2FN. The predicted octanol–water partition coefficient (Wildman–Crippen LogP) is 4.23. The summed E-state index contributed by atoms with van der Waals surface area (Å²) in [4.78, 5) is 0. The van der Waals surface area contributed by atoms with Crippen molar-refractivity contribution < 1.29 is 4.39 Å². The smallest absolute Gasteiger partial charge is 0.131 e. The molecule has 0 saturated heterocycles. The summed E-state index contributed by atoms with van der Waals surface area (Å²) in [5, 5.41) is 0.887. The van der Waals surface area contributed by atoms with Gasteiger partial charge in [-0.1, -0.05) is 37.0 Å². The van der Waals surface area contributed by atoms with Crippen molar-refractivity contribution in [2.75, 3.05) is 6.54 Å². The third kappa shape index (κ3) is 3.09. The van der Waals surface area contributed by atoms with E-state index in [9.17, 15) is 4.39 Å². The molecule has 0 aliphatic carbocycles. The van der Waals surface area contributed by atoms with Crippen molar-refractivity contribution in [2.24, 2.45) is 17.6 Å². The van der Waals surface area contributed by atoms with Gasteiger partial charge in [-0.3, -0.25) is 0 Å². The molecule has 0 amide bonds. The first-order valence-electron chi connectivity index (χ1n) is 5.26. The maximum absolute atomic E-state index is 14.3. The summed E-state index contributed by atoms with van der Waals surface area (Å²) >= 11 is 11.8. The molecule has 0 fully saturated rings. The Morgan fingerprint density at radius 1 is 1.31 bits per heavy atom. The number of hydrogen-bond acceptors (Lipinski definition) is 1. The zero-order valence-corrected chi connectivity index (χ0v) is 10.9. The van der Waals surface area contributed by atoms with Crippen LogP contribution in [-0.4, -0.2) is 6.54 Å². The van der Waals surface area contributed by atoms with Crippen molar-refractivity contribution in [3.63, 3.8) is 0 Å². The quantitative estimate of drug-likeness (QED) is 0.865. The molecule has 0 radical (unpaired) electrons. The summed E-state index contributed by atoms with van der Waals surface area (Å²) in [5.41, 5.74) is 6.01. The summed E-state index contributed by atoms with van der Waals surface area (Å²) in [5.74, 6) is -0.0778. The summed E-state index contributed by atoms with van der Waals surface area (Å²) in [6, 6.07) is 4.83. The minimum atomic E-state index is -1.17. The number of rotatable bonds is 4. The zero-order chi connectivity index (χ0) is 12.3. The van der Waals surface area contributed by atoms with E-state index in [1.807, 2.05) is 13.8 Å². The number of alkyl halides is 1. The van der Waals surface area contributed by atoms with Crippen LogP contribution in [0.4, 0.5) is 4.39 Å². The van der Waals surface area contributed by atoms with Gasteiger partial charge in [-0.15, -0.1) is 0 Å². The Labute approximate surface area is 106 Å².